The Hall–Kier alpha value is -4.17. The van der Waals surface area contributed by atoms with Crippen molar-refractivity contribution in [2.45, 2.75) is 25.1 Å². The molecule has 3 aliphatic rings. The molecule has 1 spiro atoms. The van der Waals surface area contributed by atoms with Crippen molar-refractivity contribution in [2.24, 2.45) is 5.41 Å². The van der Waals surface area contributed by atoms with Crippen LogP contribution in [0.5, 0.6) is 0 Å². The van der Waals surface area contributed by atoms with Gasteiger partial charge in [-0.15, -0.1) is 0 Å². The van der Waals surface area contributed by atoms with E-state index in [1.165, 1.54) is 29.2 Å². The van der Waals surface area contributed by atoms with Crippen molar-refractivity contribution < 1.29 is 22.8 Å². The molecule has 3 N–H and O–H groups in total. The van der Waals surface area contributed by atoms with Crippen molar-refractivity contribution in [2.75, 3.05) is 38.0 Å². The number of nitrogens with one attached hydrogen (secondary N) is 3. The number of hydrogen-bond donors (Lipinski definition) is 3. The van der Waals surface area contributed by atoms with E-state index in [4.69, 9.17) is 11.6 Å². The molecule has 6 heterocycles. The lowest BCUT2D eigenvalue weighted by atomic mass is 9.72. The van der Waals surface area contributed by atoms with Crippen molar-refractivity contribution in [3.05, 3.63) is 59.3 Å². The molecule has 15 heteroatoms. The number of hydrogen-bond acceptors (Lipinski definition) is 7. The van der Waals surface area contributed by atoms with Gasteiger partial charge < -0.3 is 20.4 Å². The summed E-state index contributed by atoms with van der Waals surface area (Å²) in [4.78, 5) is 37.9. The number of nitrogens with zero attached hydrogens (tertiary/aromatic N) is 6. The quantitative estimate of drug-likeness (QED) is 0.320. The van der Waals surface area contributed by atoms with Gasteiger partial charge in [0.1, 0.15) is 0 Å². The number of fused-ring (bicyclic) bond motifs is 1. The van der Waals surface area contributed by atoms with Crippen molar-refractivity contribution in [1.29, 1.82) is 0 Å². The third-order valence-electron chi connectivity index (χ3n) is 8.14. The van der Waals surface area contributed by atoms with E-state index in [1.54, 1.807) is 23.1 Å². The molecule has 3 fully saturated rings. The summed E-state index contributed by atoms with van der Waals surface area (Å²) < 4.78 is 41.7. The minimum atomic E-state index is -4.63. The summed E-state index contributed by atoms with van der Waals surface area (Å²) >= 11 is 6.52. The molecule has 0 unspecified atom stereocenters. The van der Waals surface area contributed by atoms with Gasteiger partial charge in [0.25, 0.3) is 5.91 Å². The molecular formula is C27H25ClF3N9O2. The van der Waals surface area contributed by atoms with Gasteiger partial charge in [0.15, 0.2) is 17.2 Å². The zero-order chi connectivity index (χ0) is 29.2. The molecule has 3 aliphatic heterocycles. The van der Waals surface area contributed by atoms with E-state index < -0.39 is 11.9 Å². The Morgan fingerprint density at radius 2 is 1.90 bits per heavy atom. The van der Waals surface area contributed by atoms with Crippen LogP contribution in [0, 0.1) is 5.41 Å². The van der Waals surface area contributed by atoms with Crippen LogP contribution < -0.4 is 10.6 Å². The van der Waals surface area contributed by atoms with Gasteiger partial charge in [-0.2, -0.15) is 18.3 Å². The number of amides is 2. The van der Waals surface area contributed by atoms with E-state index in [0.29, 0.717) is 43.1 Å². The van der Waals surface area contributed by atoms with E-state index in [-0.39, 0.29) is 45.4 Å². The molecule has 2 amide bonds. The SMILES string of the molecule is O=C(c1ccc(Nc2nccn3c(-c4c[nH]nc4C(F)(F)F)cnc23)cc1Cl)N1CC2(C1)CN(C(=O)[C@@H]1CCCN1)C2. The van der Waals surface area contributed by atoms with Crippen molar-refractivity contribution in [3.8, 4) is 11.3 Å². The molecular weight excluding hydrogens is 575 g/mol. The number of halogens is 4. The van der Waals surface area contributed by atoms with Crippen LogP contribution in [0.3, 0.4) is 0 Å². The Kier molecular flexibility index (Phi) is 6.17. The fraction of sp³-hybridized carbons (Fsp3) is 0.370. The maximum Gasteiger partial charge on any atom is 0.435 e. The zero-order valence-electron chi connectivity index (χ0n) is 22.1. The first kappa shape index (κ1) is 26.7. The number of aromatic nitrogens is 5. The van der Waals surface area contributed by atoms with Gasteiger partial charge in [-0.1, -0.05) is 11.6 Å². The van der Waals surface area contributed by atoms with Crippen LogP contribution in [0.2, 0.25) is 5.02 Å². The van der Waals surface area contributed by atoms with Gasteiger partial charge in [-0.05, 0) is 37.6 Å². The highest BCUT2D eigenvalue weighted by atomic mass is 35.5. The Morgan fingerprint density at radius 1 is 1.12 bits per heavy atom. The summed E-state index contributed by atoms with van der Waals surface area (Å²) in [6.07, 6.45) is 2.69. The molecule has 3 aromatic heterocycles. The van der Waals surface area contributed by atoms with Gasteiger partial charge in [0.2, 0.25) is 5.91 Å². The topological polar surface area (TPSA) is 124 Å². The summed E-state index contributed by atoms with van der Waals surface area (Å²) in [7, 11) is 0. The third-order valence-corrected chi connectivity index (χ3v) is 8.45. The van der Waals surface area contributed by atoms with Gasteiger partial charge in [-0.25, -0.2) is 9.97 Å². The fourth-order valence-electron chi connectivity index (χ4n) is 6.12. The molecule has 7 rings (SSSR count). The lowest BCUT2D eigenvalue weighted by molar-refractivity contribution is -0.156. The Balaban J connectivity index is 1.02. The van der Waals surface area contributed by atoms with E-state index in [9.17, 15) is 22.8 Å². The van der Waals surface area contributed by atoms with Crippen LogP contribution in [0.25, 0.3) is 16.9 Å². The van der Waals surface area contributed by atoms with E-state index in [1.807, 2.05) is 4.90 Å². The first-order chi connectivity index (χ1) is 20.1. The van der Waals surface area contributed by atoms with E-state index in [0.717, 1.165) is 19.4 Å². The largest absolute Gasteiger partial charge is 0.435 e. The highest BCUT2D eigenvalue weighted by molar-refractivity contribution is 6.34. The van der Waals surface area contributed by atoms with Crippen LogP contribution in [-0.4, -0.2) is 84.9 Å². The number of H-pyrrole nitrogens is 1. The maximum absolute atomic E-state index is 13.4. The molecule has 0 aliphatic carbocycles. The number of benzene rings is 1. The van der Waals surface area contributed by atoms with Crippen LogP contribution in [-0.2, 0) is 11.0 Å². The number of carbonyl (C=O) groups excluding carboxylic acids is 2. The Labute approximate surface area is 242 Å². The number of imidazole rings is 1. The third kappa shape index (κ3) is 4.45. The predicted molar refractivity (Wildman–Crippen MR) is 146 cm³/mol. The summed E-state index contributed by atoms with van der Waals surface area (Å²) in [5.74, 6) is 0.258. The molecule has 1 aromatic carbocycles. The number of carbonyl (C=O) groups is 2. The van der Waals surface area contributed by atoms with Gasteiger partial charge >= 0.3 is 6.18 Å². The lowest BCUT2D eigenvalue weighted by Crippen LogP contribution is -2.74. The highest BCUT2D eigenvalue weighted by Crippen LogP contribution is 2.41. The van der Waals surface area contributed by atoms with Crippen molar-refractivity contribution in [1.82, 2.24) is 39.7 Å². The second-order valence-corrected chi connectivity index (χ2v) is 11.5. The molecule has 4 aromatic rings. The van der Waals surface area contributed by atoms with Gasteiger partial charge in [0, 0.05) is 55.9 Å². The average molecular weight is 600 g/mol. The second kappa shape index (κ2) is 9.70. The predicted octanol–water partition coefficient (Wildman–Crippen LogP) is 3.57. The fourth-order valence-corrected chi connectivity index (χ4v) is 6.38. The van der Waals surface area contributed by atoms with Crippen molar-refractivity contribution >= 4 is 40.6 Å². The molecule has 0 saturated carbocycles. The average Bonchev–Trinajstić information content (AvgIpc) is 3.67. The maximum atomic E-state index is 13.4. The summed E-state index contributed by atoms with van der Waals surface area (Å²) in [5, 5.41) is 12.2. The molecule has 218 valence electrons. The summed E-state index contributed by atoms with van der Waals surface area (Å²) in [6.45, 7) is 3.35. The summed E-state index contributed by atoms with van der Waals surface area (Å²) in [6, 6.07) is 4.82. The molecule has 0 radical (unpaired) electrons. The smallest absolute Gasteiger partial charge is 0.340 e. The van der Waals surface area contributed by atoms with Gasteiger partial charge in [0.05, 0.1) is 34.1 Å². The molecule has 3 saturated heterocycles. The number of alkyl halides is 3. The van der Waals surface area contributed by atoms with Crippen LogP contribution in [0.1, 0.15) is 28.9 Å². The second-order valence-electron chi connectivity index (χ2n) is 11.1. The highest BCUT2D eigenvalue weighted by Gasteiger charge is 2.55. The summed E-state index contributed by atoms with van der Waals surface area (Å²) in [5.41, 5.74) is 0.141. The molecule has 0 bridgehead atoms. The van der Waals surface area contributed by atoms with Crippen LogP contribution in [0.15, 0.2) is 43.0 Å². The number of rotatable bonds is 5. The number of likely N-dealkylation sites (tertiary alicyclic amines) is 2. The first-order valence-corrected chi connectivity index (χ1v) is 13.8. The molecule has 11 nitrogen and oxygen atoms in total. The Morgan fingerprint density at radius 3 is 2.62 bits per heavy atom. The first-order valence-electron chi connectivity index (χ1n) is 13.4. The Bertz CT molecular complexity index is 1700. The standard InChI is InChI=1S/C27H25ClF3N9O2/c28-18-8-15(36-22-23-34-10-20(40(23)7-6-33-22)17-9-35-37-21(17)27(29,30)31)3-4-16(18)24(41)38-11-26(12-38)13-39(14-26)25(42)19-2-1-5-32-19/h3-4,6-10,19,32H,1-2,5,11-14H2,(H,33,36)(H,35,37)/t19-/m0/s1. The van der Waals surface area contributed by atoms with Gasteiger partial charge in [-0.3, -0.25) is 19.1 Å². The van der Waals surface area contributed by atoms with Crippen LogP contribution >= 0.6 is 11.6 Å². The normalized spacial score (nSPS) is 19.7. The minimum absolute atomic E-state index is 0.0391. The van der Waals surface area contributed by atoms with E-state index >= 15 is 0 Å². The van der Waals surface area contributed by atoms with E-state index in [2.05, 4.69) is 30.8 Å². The van der Waals surface area contributed by atoms with Crippen molar-refractivity contribution in [3.63, 3.8) is 0 Å². The lowest BCUT2D eigenvalue weighted by Gasteiger charge is -2.60. The monoisotopic (exact) mass is 599 g/mol. The zero-order valence-corrected chi connectivity index (χ0v) is 22.8. The molecule has 42 heavy (non-hydrogen) atoms. The minimum Gasteiger partial charge on any atom is -0.340 e. The number of aromatic amines is 1. The molecule has 1 atom stereocenters. The number of anilines is 2. The van der Waals surface area contributed by atoms with Crippen LogP contribution in [0.4, 0.5) is 24.7 Å².